The Hall–Kier alpha value is -1.27. The van der Waals surface area contributed by atoms with Gasteiger partial charge in [-0.15, -0.1) is 0 Å². The van der Waals surface area contributed by atoms with E-state index in [0.717, 1.165) is 21.6 Å². The van der Waals surface area contributed by atoms with E-state index < -0.39 is 11.6 Å². The molecule has 0 saturated carbocycles. The lowest BCUT2D eigenvalue weighted by atomic mass is 10.2. The van der Waals surface area contributed by atoms with Crippen LogP contribution in [0.15, 0.2) is 41.1 Å². The number of hydrogen-bond acceptors (Lipinski definition) is 1. The summed E-state index contributed by atoms with van der Waals surface area (Å²) < 4.78 is 29.4. The van der Waals surface area contributed by atoms with Crippen molar-refractivity contribution >= 4 is 37.4 Å². The van der Waals surface area contributed by atoms with Gasteiger partial charge in [-0.25, -0.2) is 13.8 Å². The molecule has 0 aliphatic heterocycles. The summed E-state index contributed by atoms with van der Waals surface area (Å²) in [6.07, 6.45) is 3.51. The van der Waals surface area contributed by atoms with Crippen LogP contribution in [0.25, 0.3) is 16.9 Å². The van der Waals surface area contributed by atoms with Crippen molar-refractivity contribution in [1.29, 1.82) is 0 Å². The summed E-state index contributed by atoms with van der Waals surface area (Å²) in [5.74, 6) is -0.725. The molecule has 0 fully saturated rings. The Morgan fingerprint density at radius 3 is 2.50 bits per heavy atom. The maximum atomic E-state index is 13.3. The highest BCUT2D eigenvalue weighted by atomic mass is 79.9. The lowest BCUT2D eigenvalue weighted by Gasteiger charge is -2.06. The van der Waals surface area contributed by atoms with Crippen LogP contribution in [0.1, 0.15) is 5.56 Å². The first-order valence-electron chi connectivity index (χ1n) is 5.77. The summed E-state index contributed by atoms with van der Waals surface area (Å²) in [6, 6.07) is 5.27. The molecular formula is C14H8Br2F2N2. The Labute approximate surface area is 130 Å². The van der Waals surface area contributed by atoms with Crippen molar-refractivity contribution < 1.29 is 8.78 Å². The molecule has 2 nitrogen and oxygen atoms in total. The molecule has 0 amide bonds. The van der Waals surface area contributed by atoms with E-state index in [2.05, 4.69) is 36.8 Å². The maximum absolute atomic E-state index is 13.3. The molecule has 0 unspecified atom stereocenters. The summed E-state index contributed by atoms with van der Waals surface area (Å²) in [7, 11) is 0. The second-order valence-electron chi connectivity index (χ2n) is 4.27. The van der Waals surface area contributed by atoms with Crippen LogP contribution in [0.3, 0.4) is 0 Å². The Kier molecular flexibility index (Phi) is 3.60. The Balaban J connectivity index is 2.27. The van der Waals surface area contributed by atoms with E-state index in [0.29, 0.717) is 16.7 Å². The maximum Gasteiger partial charge on any atom is 0.144 e. The molecule has 0 aliphatic rings. The summed E-state index contributed by atoms with van der Waals surface area (Å²) in [5.41, 5.74) is 2.32. The van der Waals surface area contributed by atoms with E-state index in [9.17, 15) is 8.78 Å². The number of benzene rings is 1. The van der Waals surface area contributed by atoms with Gasteiger partial charge in [-0.2, -0.15) is 0 Å². The van der Waals surface area contributed by atoms with Gasteiger partial charge in [0.15, 0.2) is 0 Å². The van der Waals surface area contributed by atoms with Crippen LogP contribution in [-0.2, 0) is 5.33 Å². The normalized spacial score (nSPS) is 11.2. The summed E-state index contributed by atoms with van der Waals surface area (Å²) in [4.78, 5) is 4.29. The highest BCUT2D eigenvalue weighted by Crippen LogP contribution is 2.28. The third-order valence-corrected chi connectivity index (χ3v) is 4.32. The van der Waals surface area contributed by atoms with Crippen LogP contribution in [0.2, 0.25) is 0 Å². The molecule has 0 saturated heterocycles. The van der Waals surface area contributed by atoms with Gasteiger partial charge in [0.2, 0.25) is 0 Å². The number of rotatable bonds is 2. The highest BCUT2D eigenvalue weighted by molar-refractivity contribution is 9.10. The van der Waals surface area contributed by atoms with Gasteiger partial charge in [0.1, 0.15) is 17.5 Å². The fraction of sp³-hybridized carbons (Fsp3) is 0.0714. The minimum atomic E-state index is -0.616. The van der Waals surface area contributed by atoms with Crippen LogP contribution in [-0.4, -0.2) is 9.38 Å². The molecule has 102 valence electrons. The highest BCUT2D eigenvalue weighted by Gasteiger charge is 2.12. The Morgan fingerprint density at radius 1 is 1.15 bits per heavy atom. The van der Waals surface area contributed by atoms with Crippen LogP contribution < -0.4 is 0 Å². The lowest BCUT2D eigenvalue weighted by Crippen LogP contribution is -1.94. The second-order valence-corrected chi connectivity index (χ2v) is 5.69. The van der Waals surface area contributed by atoms with E-state index in [-0.39, 0.29) is 0 Å². The zero-order valence-corrected chi connectivity index (χ0v) is 13.2. The minimum absolute atomic E-state index is 0.408. The number of fused-ring (bicyclic) bond motifs is 1. The number of nitrogens with zero attached hydrogens (tertiary/aromatic N) is 2. The molecule has 0 radical (unpaired) electrons. The number of alkyl halides is 1. The molecule has 0 atom stereocenters. The molecule has 2 heterocycles. The van der Waals surface area contributed by atoms with Crippen molar-refractivity contribution in [2.75, 3.05) is 0 Å². The van der Waals surface area contributed by atoms with E-state index in [1.807, 2.05) is 16.7 Å². The van der Waals surface area contributed by atoms with E-state index in [4.69, 9.17) is 0 Å². The number of halogens is 4. The van der Waals surface area contributed by atoms with Gasteiger partial charge >= 0.3 is 0 Å². The van der Waals surface area contributed by atoms with Gasteiger partial charge in [-0.3, -0.25) is 4.40 Å². The molecule has 1 aromatic carbocycles. The molecule has 0 aliphatic carbocycles. The Bertz CT molecular complexity index is 779. The zero-order chi connectivity index (χ0) is 14.3. The number of imidazole rings is 1. The molecule has 2 aromatic heterocycles. The quantitative estimate of drug-likeness (QED) is 0.556. The minimum Gasteiger partial charge on any atom is -0.299 e. The van der Waals surface area contributed by atoms with Gasteiger partial charge in [0.25, 0.3) is 0 Å². The first-order valence-corrected chi connectivity index (χ1v) is 7.68. The predicted molar refractivity (Wildman–Crippen MR) is 80.9 cm³/mol. The van der Waals surface area contributed by atoms with E-state index in [1.54, 1.807) is 6.20 Å². The van der Waals surface area contributed by atoms with E-state index in [1.165, 1.54) is 12.1 Å². The largest absolute Gasteiger partial charge is 0.299 e. The van der Waals surface area contributed by atoms with Crippen LogP contribution >= 0.6 is 31.9 Å². The van der Waals surface area contributed by atoms with Crippen molar-refractivity contribution in [3.63, 3.8) is 0 Å². The van der Waals surface area contributed by atoms with Crippen molar-refractivity contribution in [2.24, 2.45) is 0 Å². The smallest absolute Gasteiger partial charge is 0.144 e. The lowest BCUT2D eigenvalue weighted by molar-refractivity contribution is 0.584. The predicted octanol–water partition coefficient (Wildman–Crippen LogP) is 4.94. The molecule has 20 heavy (non-hydrogen) atoms. The first kappa shape index (κ1) is 13.7. The summed E-state index contributed by atoms with van der Waals surface area (Å²) in [5, 5.41) is 0.653. The zero-order valence-electron chi connectivity index (χ0n) is 10.1. The molecule has 0 N–H and O–H groups in total. The molecule has 6 heteroatoms. The number of pyridine rings is 1. The number of hydrogen-bond donors (Lipinski definition) is 0. The molecule has 0 bridgehead atoms. The Morgan fingerprint density at radius 2 is 1.85 bits per heavy atom. The van der Waals surface area contributed by atoms with Crippen LogP contribution in [0, 0.1) is 11.6 Å². The van der Waals surface area contributed by atoms with Crippen LogP contribution in [0.5, 0.6) is 0 Å². The van der Waals surface area contributed by atoms with E-state index >= 15 is 0 Å². The average molecular weight is 402 g/mol. The monoisotopic (exact) mass is 400 g/mol. The fourth-order valence-electron chi connectivity index (χ4n) is 2.13. The summed E-state index contributed by atoms with van der Waals surface area (Å²) >= 11 is 6.90. The average Bonchev–Trinajstić information content (AvgIpc) is 2.81. The van der Waals surface area contributed by atoms with Crippen molar-refractivity contribution in [1.82, 2.24) is 9.38 Å². The topological polar surface area (TPSA) is 17.3 Å². The first-order chi connectivity index (χ1) is 9.60. The van der Waals surface area contributed by atoms with Gasteiger partial charge in [0, 0.05) is 33.2 Å². The standard InChI is InChI=1S/C14H8Br2F2N2/c15-6-11-12(16)1-2-20-13(11)7-19-14(20)8-3-9(17)5-10(18)4-8/h1-5,7H,6H2. The van der Waals surface area contributed by atoms with Gasteiger partial charge in [-0.1, -0.05) is 31.9 Å². The molecule has 3 aromatic rings. The summed E-state index contributed by atoms with van der Waals surface area (Å²) in [6.45, 7) is 0. The van der Waals surface area contributed by atoms with Crippen LogP contribution in [0.4, 0.5) is 8.78 Å². The molecular weight excluding hydrogens is 394 g/mol. The second kappa shape index (κ2) is 5.26. The third kappa shape index (κ3) is 2.27. The number of aromatic nitrogens is 2. The van der Waals surface area contributed by atoms with Crippen molar-refractivity contribution in [3.05, 3.63) is 58.3 Å². The molecule has 0 spiro atoms. The fourth-order valence-corrected chi connectivity index (χ4v) is 3.55. The van der Waals surface area contributed by atoms with Crippen molar-refractivity contribution in [3.8, 4) is 11.4 Å². The molecule has 3 rings (SSSR count). The SMILES string of the molecule is Fc1cc(F)cc(-c2ncc3c(CBr)c(Br)ccn23)c1. The third-order valence-electron chi connectivity index (χ3n) is 3.02. The van der Waals surface area contributed by atoms with Crippen molar-refractivity contribution in [2.45, 2.75) is 5.33 Å². The van der Waals surface area contributed by atoms with Gasteiger partial charge in [-0.05, 0) is 18.2 Å². The van der Waals surface area contributed by atoms with Gasteiger partial charge in [0.05, 0.1) is 11.7 Å². The van der Waals surface area contributed by atoms with Gasteiger partial charge < -0.3 is 0 Å².